The third kappa shape index (κ3) is 3.37. The molecule has 0 aliphatic rings. The Morgan fingerprint density at radius 1 is 0.682 bits per heavy atom. The van der Waals surface area contributed by atoms with Gasteiger partial charge < -0.3 is 5.11 Å². The summed E-state index contributed by atoms with van der Waals surface area (Å²) >= 11 is 0. The summed E-state index contributed by atoms with van der Waals surface area (Å²) in [6.07, 6.45) is 1.66. The van der Waals surface area contributed by atoms with Gasteiger partial charge in [-0.15, -0.1) is 0 Å². The SMILES string of the molecule is Cc1ccccc1Cc1cc(Cc2ccccc2)ccc1O. The molecule has 3 aromatic carbocycles. The van der Waals surface area contributed by atoms with Crippen LogP contribution < -0.4 is 0 Å². The van der Waals surface area contributed by atoms with Crippen LogP contribution in [-0.4, -0.2) is 5.11 Å². The average molecular weight is 288 g/mol. The monoisotopic (exact) mass is 288 g/mol. The first-order valence-corrected chi connectivity index (χ1v) is 7.61. The molecule has 0 spiro atoms. The van der Waals surface area contributed by atoms with Crippen LogP contribution >= 0.6 is 0 Å². The molecule has 0 saturated carbocycles. The van der Waals surface area contributed by atoms with Crippen LogP contribution in [0.4, 0.5) is 0 Å². The normalized spacial score (nSPS) is 10.6. The highest BCUT2D eigenvalue weighted by Gasteiger charge is 2.06. The molecular formula is C21H20O. The average Bonchev–Trinajstić information content (AvgIpc) is 2.54. The van der Waals surface area contributed by atoms with Gasteiger partial charge in [0, 0.05) is 6.42 Å². The van der Waals surface area contributed by atoms with E-state index in [0.717, 1.165) is 18.4 Å². The molecule has 0 aliphatic carbocycles. The molecule has 3 aromatic rings. The second-order valence-electron chi connectivity index (χ2n) is 5.73. The Hall–Kier alpha value is -2.54. The Morgan fingerprint density at radius 2 is 1.41 bits per heavy atom. The van der Waals surface area contributed by atoms with Crippen molar-refractivity contribution in [1.82, 2.24) is 0 Å². The van der Waals surface area contributed by atoms with Crippen molar-refractivity contribution >= 4 is 0 Å². The van der Waals surface area contributed by atoms with Crippen molar-refractivity contribution < 1.29 is 5.11 Å². The maximum atomic E-state index is 10.2. The lowest BCUT2D eigenvalue weighted by Gasteiger charge is -2.10. The van der Waals surface area contributed by atoms with Gasteiger partial charge in [0.25, 0.3) is 0 Å². The molecule has 0 saturated heterocycles. The quantitative estimate of drug-likeness (QED) is 0.725. The molecular weight excluding hydrogens is 268 g/mol. The molecule has 0 atom stereocenters. The number of hydrogen-bond acceptors (Lipinski definition) is 1. The summed E-state index contributed by atoms with van der Waals surface area (Å²) in [5.74, 6) is 0.375. The van der Waals surface area contributed by atoms with Gasteiger partial charge in [0.2, 0.25) is 0 Å². The van der Waals surface area contributed by atoms with E-state index in [9.17, 15) is 5.11 Å². The van der Waals surface area contributed by atoms with Crippen molar-refractivity contribution in [1.29, 1.82) is 0 Å². The molecule has 0 unspecified atom stereocenters. The van der Waals surface area contributed by atoms with Crippen molar-refractivity contribution in [3.8, 4) is 5.75 Å². The van der Waals surface area contributed by atoms with Crippen LogP contribution in [0.3, 0.4) is 0 Å². The molecule has 22 heavy (non-hydrogen) atoms. The number of phenolic OH excluding ortho intramolecular Hbond substituents is 1. The largest absolute Gasteiger partial charge is 0.508 e. The lowest BCUT2D eigenvalue weighted by molar-refractivity contribution is 0.469. The van der Waals surface area contributed by atoms with Gasteiger partial charge in [-0.1, -0.05) is 66.7 Å². The van der Waals surface area contributed by atoms with Crippen LogP contribution in [0.25, 0.3) is 0 Å². The molecule has 1 heteroatoms. The van der Waals surface area contributed by atoms with E-state index in [1.807, 2.05) is 30.3 Å². The van der Waals surface area contributed by atoms with E-state index in [1.54, 1.807) is 0 Å². The Kier molecular flexibility index (Phi) is 4.24. The van der Waals surface area contributed by atoms with Gasteiger partial charge in [-0.05, 0) is 47.2 Å². The molecule has 3 rings (SSSR count). The highest BCUT2D eigenvalue weighted by atomic mass is 16.3. The van der Waals surface area contributed by atoms with Crippen LogP contribution in [0, 0.1) is 6.92 Å². The van der Waals surface area contributed by atoms with Gasteiger partial charge in [0.15, 0.2) is 0 Å². The summed E-state index contributed by atoms with van der Waals surface area (Å²) in [6.45, 7) is 2.11. The minimum Gasteiger partial charge on any atom is -0.508 e. The molecule has 1 N–H and O–H groups in total. The van der Waals surface area contributed by atoms with Crippen molar-refractivity contribution in [3.05, 3.63) is 101 Å². The number of aryl methyl sites for hydroxylation is 1. The van der Waals surface area contributed by atoms with Crippen molar-refractivity contribution in [2.75, 3.05) is 0 Å². The van der Waals surface area contributed by atoms with E-state index in [0.29, 0.717) is 5.75 Å². The van der Waals surface area contributed by atoms with Gasteiger partial charge in [-0.3, -0.25) is 0 Å². The van der Waals surface area contributed by atoms with Crippen LogP contribution in [0.1, 0.15) is 27.8 Å². The summed E-state index contributed by atoms with van der Waals surface area (Å²) in [5.41, 5.74) is 6.02. The van der Waals surface area contributed by atoms with E-state index < -0.39 is 0 Å². The van der Waals surface area contributed by atoms with Crippen molar-refractivity contribution in [2.45, 2.75) is 19.8 Å². The van der Waals surface area contributed by atoms with Crippen molar-refractivity contribution in [3.63, 3.8) is 0 Å². The smallest absolute Gasteiger partial charge is 0.119 e. The topological polar surface area (TPSA) is 20.2 Å². The molecule has 0 heterocycles. The van der Waals surface area contributed by atoms with Crippen LogP contribution in [-0.2, 0) is 12.8 Å². The molecule has 0 aliphatic heterocycles. The minimum atomic E-state index is 0.375. The molecule has 1 nitrogen and oxygen atoms in total. The second-order valence-corrected chi connectivity index (χ2v) is 5.73. The first kappa shape index (κ1) is 14.4. The number of benzene rings is 3. The fraction of sp³-hybridized carbons (Fsp3) is 0.143. The third-order valence-electron chi connectivity index (χ3n) is 4.04. The first-order valence-electron chi connectivity index (χ1n) is 7.61. The molecule has 0 aromatic heterocycles. The van der Waals surface area contributed by atoms with E-state index in [2.05, 4.69) is 49.4 Å². The Morgan fingerprint density at radius 3 is 2.18 bits per heavy atom. The summed E-state index contributed by atoms with van der Waals surface area (Å²) in [5, 5.41) is 10.2. The maximum Gasteiger partial charge on any atom is 0.119 e. The van der Waals surface area contributed by atoms with Crippen molar-refractivity contribution in [2.24, 2.45) is 0 Å². The van der Waals surface area contributed by atoms with E-state index in [1.165, 1.54) is 22.3 Å². The predicted molar refractivity (Wildman–Crippen MR) is 91.3 cm³/mol. The molecule has 0 amide bonds. The van der Waals surface area contributed by atoms with Gasteiger partial charge in [0.1, 0.15) is 5.75 Å². The van der Waals surface area contributed by atoms with Crippen LogP contribution in [0.2, 0.25) is 0 Å². The zero-order chi connectivity index (χ0) is 15.4. The second kappa shape index (κ2) is 6.48. The lowest BCUT2D eigenvalue weighted by Crippen LogP contribution is -1.95. The Balaban J connectivity index is 1.86. The maximum absolute atomic E-state index is 10.2. The Bertz CT molecular complexity index is 760. The number of hydrogen-bond donors (Lipinski definition) is 1. The first-order chi connectivity index (χ1) is 10.7. The molecule has 0 fully saturated rings. The van der Waals surface area contributed by atoms with E-state index in [4.69, 9.17) is 0 Å². The fourth-order valence-corrected chi connectivity index (χ4v) is 2.74. The van der Waals surface area contributed by atoms with Gasteiger partial charge in [-0.2, -0.15) is 0 Å². The number of aromatic hydroxyl groups is 1. The summed E-state index contributed by atoms with van der Waals surface area (Å²) in [7, 11) is 0. The molecule has 0 bridgehead atoms. The standard InChI is InChI=1S/C21H20O/c1-16-7-5-6-10-19(16)15-20-14-18(11-12-21(20)22)13-17-8-3-2-4-9-17/h2-12,14,22H,13,15H2,1H3. The van der Waals surface area contributed by atoms with E-state index in [-0.39, 0.29) is 0 Å². The van der Waals surface area contributed by atoms with E-state index >= 15 is 0 Å². The Labute approximate surface area is 131 Å². The number of rotatable bonds is 4. The zero-order valence-corrected chi connectivity index (χ0v) is 12.8. The van der Waals surface area contributed by atoms with Gasteiger partial charge >= 0.3 is 0 Å². The molecule has 0 radical (unpaired) electrons. The highest BCUT2D eigenvalue weighted by Crippen LogP contribution is 2.24. The molecule has 110 valence electrons. The van der Waals surface area contributed by atoms with Crippen LogP contribution in [0.5, 0.6) is 5.75 Å². The van der Waals surface area contributed by atoms with Crippen LogP contribution in [0.15, 0.2) is 72.8 Å². The summed E-state index contributed by atoms with van der Waals surface area (Å²) in [6, 6.07) is 24.7. The number of phenols is 1. The minimum absolute atomic E-state index is 0.375. The van der Waals surface area contributed by atoms with Gasteiger partial charge in [-0.25, -0.2) is 0 Å². The van der Waals surface area contributed by atoms with Gasteiger partial charge in [0.05, 0.1) is 0 Å². The zero-order valence-electron chi connectivity index (χ0n) is 12.8. The summed E-state index contributed by atoms with van der Waals surface area (Å²) < 4.78 is 0. The predicted octanol–water partition coefficient (Wildman–Crippen LogP) is 4.88. The highest BCUT2D eigenvalue weighted by molar-refractivity contribution is 5.42. The fourth-order valence-electron chi connectivity index (χ4n) is 2.74. The third-order valence-corrected chi connectivity index (χ3v) is 4.04. The summed E-state index contributed by atoms with van der Waals surface area (Å²) in [4.78, 5) is 0. The lowest BCUT2D eigenvalue weighted by atomic mass is 9.96.